The van der Waals surface area contributed by atoms with Gasteiger partial charge in [0, 0.05) is 17.2 Å². The van der Waals surface area contributed by atoms with Crippen LogP contribution in [0.5, 0.6) is 11.5 Å². The lowest BCUT2D eigenvalue weighted by molar-refractivity contribution is 0.0705. The summed E-state index contributed by atoms with van der Waals surface area (Å²) in [4.78, 5) is 0. The molecule has 1 aliphatic heterocycles. The van der Waals surface area contributed by atoms with Crippen molar-refractivity contribution in [2.24, 2.45) is 5.92 Å². The summed E-state index contributed by atoms with van der Waals surface area (Å²) < 4.78 is 35.8. The van der Waals surface area contributed by atoms with Crippen LogP contribution in [0.25, 0.3) is 6.08 Å². The van der Waals surface area contributed by atoms with Gasteiger partial charge in [0.1, 0.15) is 11.5 Å². The summed E-state index contributed by atoms with van der Waals surface area (Å²) in [5, 5.41) is 12.0. The smallest absolute Gasteiger partial charge is 0.175 e. The standard InChI is InChI=1S/C23H24O5S/c1-27-18-7-3-16(4-8-18)11-13-23(24)15-20(17-5-9-19(28-2)10-6-17)22-21(23)12-14-29(22,25)26/h3-14,20-22,24H,15H2,1-2H3/b13-11+/t20-,21-,22-,23+/m1/s1. The maximum absolute atomic E-state index is 12.7. The predicted octanol–water partition coefficient (Wildman–Crippen LogP) is 3.56. The fourth-order valence-corrected chi connectivity index (χ4v) is 6.44. The molecule has 4 atom stereocenters. The molecule has 1 N–H and O–H groups in total. The minimum atomic E-state index is -3.42. The summed E-state index contributed by atoms with van der Waals surface area (Å²) in [7, 11) is -0.221. The van der Waals surface area contributed by atoms with Gasteiger partial charge in [-0.05, 0) is 41.8 Å². The number of benzene rings is 2. The summed E-state index contributed by atoms with van der Waals surface area (Å²) >= 11 is 0. The van der Waals surface area contributed by atoms with E-state index >= 15 is 0 Å². The summed E-state index contributed by atoms with van der Waals surface area (Å²) in [6.45, 7) is 0. The molecule has 1 aliphatic carbocycles. The molecule has 0 aromatic heterocycles. The van der Waals surface area contributed by atoms with Gasteiger partial charge in [0.2, 0.25) is 0 Å². The van der Waals surface area contributed by atoms with Crippen molar-refractivity contribution in [3.8, 4) is 11.5 Å². The first-order valence-corrected chi connectivity index (χ1v) is 11.1. The van der Waals surface area contributed by atoms with Crippen LogP contribution in [0.1, 0.15) is 23.5 Å². The van der Waals surface area contributed by atoms with Crippen LogP contribution in [0.4, 0.5) is 0 Å². The van der Waals surface area contributed by atoms with E-state index in [4.69, 9.17) is 9.47 Å². The molecule has 0 amide bonds. The highest BCUT2D eigenvalue weighted by atomic mass is 32.2. The molecule has 29 heavy (non-hydrogen) atoms. The number of fused-ring (bicyclic) bond motifs is 1. The molecule has 0 saturated heterocycles. The van der Waals surface area contributed by atoms with Gasteiger partial charge in [-0.15, -0.1) is 0 Å². The average Bonchev–Trinajstić information content (AvgIpc) is 3.23. The van der Waals surface area contributed by atoms with E-state index in [0.29, 0.717) is 12.2 Å². The molecule has 5 nitrogen and oxygen atoms in total. The topological polar surface area (TPSA) is 72.8 Å². The minimum Gasteiger partial charge on any atom is -0.497 e. The van der Waals surface area contributed by atoms with Crippen molar-refractivity contribution in [2.75, 3.05) is 14.2 Å². The van der Waals surface area contributed by atoms with Crippen LogP contribution < -0.4 is 9.47 Å². The maximum atomic E-state index is 12.7. The molecule has 2 aliphatic rings. The van der Waals surface area contributed by atoms with Gasteiger partial charge in [-0.2, -0.15) is 0 Å². The SMILES string of the molecule is COc1ccc(/C=C/[C@]2(O)C[C@H](c3ccc(OC)cc3)[C@@H]3[C@H]2C=CS3(=O)=O)cc1. The molecule has 1 saturated carbocycles. The minimum absolute atomic E-state index is 0.295. The number of sulfone groups is 1. The van der Waals surface area contributed by atoms with Gasteiger partial charge in [0.15, 0.2) is 9.84 Å². The Morgan fingerprint density at radius 1 is 1.00 bits per heavy atom. The van der Waals surface area contributed by atoms with Crippen LogP contribution in [-0.4, -0.2) is 38.6 Å². The van der Waals surface area contributed by atoms with E-state index in [-0.39, 0.29) is 5.92 Å². The van der Waals surface area contributed by atoms with Crippen molar-refractivity contribution in [3.63, 3.8) is 0 Å². The second-order valence-corrected chi connectivity index (χ2v) is 9.58. The molecular formula is C23H24O5S. The zero-order valence-corrected chi connectivity index (χ0v) is 17.2. The van der Waals surface area contributed by atoms with Gasteiger partial charge < -0.3 is 14.6 Å². The second-order valence-electron chi connectivity index (χ2n) is 7.59. The van der Waals surface area contributed by atoms with Crippen LogP contribution in [0.2, 0.25) is 0 Å². The fraction of sp³-hybridized carbons (Fsp3) is 0.304. The van der Waals surface area contributed by atoms with Gasteiger partial charge >= 0.3 is 0 Å². The third-order valence-electron chi connectivity index (χ3n) is 5.95. The molecule has 1 fully saturated rings. The first-order chi connectivity index (χ1) is 13.9. The Morgan fingerprint density at radius 3 is 2.17 bits per heavy atom. The van der Waals surface area contributed by atoms with Crippen LogP contribution in [0.3, 0.4) is 0 Å². The van der Waals surface area contributed by atoms with Crippen molar-refractivity contribution in [3.05, 3.63) is 77.2 Å². The van der Waals surface area contributed by atoms with Crippen molar-refractivity contribution >= 4 is 15.9 Å². The molecule has 0 unspecified atom stereocenters. The van der Waals surface area contributed by atoms with Gasteiger partial charge in [-0.1, -0.05) is 42.5 Å². The Morgan fingerprint density at radius 2 is 1.59 bits per heavy atom. The highest BCUT2D eigenvalue weighted by Gasteiger charge is 2.57. The van der Waals surface area contributed by atoms with E-state index in [1.807, 2.05) is 54.6 Å². The van der Waals surface area contributed by atoms with E-state index in [0.717, 1.165) is 16.9 Å². The molecule has 0 radical (unpaired) electrons. The largest absolute Gasteiger partial charge is 0.497 e. The number of rotatable bonds is 5. The summed E-state index contributed by atoms with van der Waals surface area (Å²) in [6, 6.07) is 14.9. The molecule has 6 heteroatoms. The quantitative estimate of drug-likeness (QED) is 0.813. The van der Waals surface area contributed by atoms with Gasteiger partial charge in [-0.25, -0.2) is 8.42 Å². The number of methoxy groups -OCH3 is 2. The van der Waals surface area contributed by atoms with Gasteiger partial charge in [0.25, 0.3) is 0 Å². The van der Waals surface area contributed by atoms with E-state index in [1.165, 1.54) is 5.41 Å². The Labute approximate surface area is 171 Å². The van der Waals surface area contributed by atoms with Gasteiger partial charge in [0.05, 0.1) is 25.1 Å². The van der Waals surface area contributed by atoms with Crippen molar-refractivity contribution in [2.45, 2.75) is 23.2 Å². The number of hydrogen-bond acceptors (Lipinski definition) is 5. The van der Waals surface area contributed by atoms with Crippen molar-refractivity contribution in [1.82, 2.24) is 0 Å². The molecular weight excluding hydrogens is 388 g/mol. The van der Waals surface area contributed by atoms with Crippen molar-refractivity contribution < 1.29 is 23.0 Å². The monoisotopic (exact) mass is 412 g/mol. The van der Waals surface area contributed by atoms with Crippen LogP contribution in [0.15, 0.2) is 66.1 Å². The molecule has 1 heterocycles. The molecule has 0 bridgehead atoms. The van der Waals surface area contributed by atoms with Crippen LogP contribution in [0, 0.1) is 5.92 Å². The zero-order valence-electron chi connectivity index (χ0n) is 16.4. The highest BCUT2D eigenvalue weighted by molar-refractivity contribution is 7.95. The summed E-state index contributed by atoms with van der Waals surface area (Å²) in [5.74, 6) is 0.696. The van der Waals surface area contributed by atoms with E-state index in [9.17, 15) is 13.5 Å². The number of hydrogen-bond donors (Lipinski definition) is 1. The Hall–Kier alpha value is -2.57. The summed E-state index contributed by atoms with van der Waals surface area (Å²) in [5.41, 5.74) is 0.560. The van der Waals surface area contributed by atoms with Crippen LogP contribution >= 0.6 is 0 Å². The average molecular weight is 413 g/mol. The molecule has 2 aromatic rings. The van der Waals surface area contributed by atoms with E-state index in [1.54, 1.807) is 26.4 Å². The Kier molecular flexibility index (Phi) is 5.00. The third kappa shape index (κ3) is 3.58. The zero-order chi connectivity index (χ0) is 20.6. The first kappa shape index (κ1) is 19.7. The Bertz CT molecular complexity index is 1040. The van der Waals surface area contributed by atoms with E-state index < -0.39 is 26.6 Å². The van der Waals surface area contributed by atoms with Crippen molar-refractivity contribution in [1.29, 1.82) is 0 Å². The van der Waals surface area contributed by atoms with Gasteiger partial charge in [-0.3, -0.25) is 0 Å². The highest BCUT2D eigenvalue weighted by Crippen LogP contribution is 2.53. The summed E-state index contributed by atoms with van der Waals surface area (Å²) in [6.07, 6.45) is 5.56. The second kappa shape index (κ2) is 7.35. The number of aliphatic hydroxyl groups is 1. The molecule has 4 rings (SSSR count). The third-order valence-corrected chi connectivity index (χ3v) is 7.87. The predicted molar refractivity (Wildman–Crippen MR) is 113 cm³/mol. The maximum Gasteiger partial charge on any atom is 0.175 e. The normalized spacial score (nSPS) is 29.8. The van der Waals surface area contributed by atoms with Crippen LogP contribution in [-0.2, 0) is 9.84 Å². The Balaban J connectivity index is 1.66. The lowest BCUT2D eigenvalue weighted by Gasteiger charge is -2.24. The molecule has 152 valence electrons. The first-order valence-electron chi connectivity index (χ1n) is 9.48. The number of ether oxygens (including phenoxy) is 2. The lowest BCUT2D eigenvalue weighted by atomic mass is 9.89. The molecule has 0 spiro atoms. The molecule has 2 aromatic carbocycles. The lowest BCUT2D eigenvalue weighted by Crippen LogP contribution is -2.33. The fourth-order valence-electron chi connectivity index (χ4n) is 4.43. The van der Waals surface area contributed by atoms with E-state index in [2.05, 4.69) is 0 Å².